The quantitative estimate of drug-likeness (QED) is 0.130. The minimum absolute atomic E-state index is 0.258. The topological polar surface area (TPSA) is 168 Å². The second kappa shape index (κ2) is 19.3. The van der Waals surface area contributed by atoms with Crippen LogP contribution >= 0.6 is 34.8 Å². The third-order valence-electron chi connectivity index (χ3n) is 8.70. The van der Waals surface area contributed by atoms with Crippen LogP contribution in [0.1, 0.15) is 85.4 Å². The van der Waals surface area contributed by atoms with E-state index in [-0.39, 0.29) is 23.7 Å². The minimum Gasteiger partial charge on any atom is -0.460 e. The van der Waals surface area contributed by atoms with E-state index < -0.39 is 88.0 Å². The number of amides is 4. The van der Waals surface area contributed by atoms with Gasteiger partial charge in [-0.1, -0.05) is 79.0 Å². The molecular weight excluding hydrogens is 816 g/mol. The zero-order valence-corrected chi connectivity index (χ0v) is 35.3. The van der Waals surface area contributed by atoms with Crippen molar-refractivity contribution < 1.29 is 46.6 Å². The molecule has 2 heterocycles. The van der Waals surface area contributed by atoms with Crippen LogP contribution < -0.4 is 21.4 Å². The zero-order valence-electron chi connectivity index (χ0n) is 33.0. The number of esters is 1. The summed E-state index contributed by atoms with van der Waals surface area (Å²) in [5.41, 5.74) is 1.24. The average Bonchev–Trinajstić information content (AvgIpc) is 3.09. The summed E-state index contributed by atoms with van der Waals surface area (Å²) in [7, 11) is 0. The van der Waals surface area contributed by atoms with Crippen molar-refractivity contribution in [3.05, 3.63) is 47.7 Å². The second-order valence-corrected chi connectivity index (χ2v) is 18.2. The number of alkyl carbamates (subject to hydrolysis) is 1. The van der Waals surface area contributed by atoms with Gasteiger partial charge < -0.3 is 25.4 Å². The molecule has 1 aromatic heterocycles. The Bertz CT molecular complexity index is 1810. The molecule has 0 aliphatic carbocycles. The molecule has 316 valence electrons. The number of fused-ring (bicyclic) bond motifs is 1. The van der Waals surface area contributed by atoms with Crippen LogP contribution in [0.15, 0.2) is 36.4 Å². The van der Waals surface area contributed by atoms with E-state index in [9.17, 15) is 37.1 Å². The summed E-state index contributed by atoms with van der Waals surface area (Å²) in [6.07, 6.45) is -1.66. The van der Waals surface area contributed by atoms with E-state index in [4.69, 9.17) is 44.3 Å². The SMILES string of the molecule is CC(NC(=O)C(NC(=O)C(C)(C)C=Cc1ccc2ccc(C(CNC(=O)OC(C)(C)C)C(F)(F)F)nc2c1)C(C)C)C(=O)N1CCCC(C(=O)OCC(Cl)(Cl)Cl)N1. The van der Waals surface area contributed by atoms with Gasteiger partial charge in [-0.15, -0.1) is 0 Å². The molecule has 0 bridgehead atoms. The Labute approximate surface area is 345 Å². The van der Waals surface area contributed by atoms with Crippen LogP contribution in [-0.4, -0.2) is 93.2 Å². The lowest BCUT2D eigenvalue weighted by Gasteiger charge is -2.35. The highest BCUT2D eigenvalue weighted by atomic mass is 35.6. The maximum atomic E-state index is 14.1. The highest BCUT2D eigenvalue weighted by Crippen LogP contribution is 2.34. The Kier molecular flexibility index (Phi) is 16.1. The van der Waals surface area contributed by atoms with Gasteiger partial charge in [0.15, 0.2) is 0 Å². The monoisotopic (exact) mass is 864 g/mol. The predicted octanol–water partition coefficient (Wildman–Crippen LogP) is 6.50. The summed E-state index contributed by atoms with van der Waals surface area (Å²) in [5, 5.41) is 9.38. The fourth-order valence-corrected chi connectivity index (χ4v) is 5.71. The molecule has 57 heavy (non-hydrogen) atoms. The van der Waals surface area contributed by atoms with Crippen molar-refractivity contribution in [2.45, 2.75) is 108 Å². The van der Waals surface area contributed by atoms with Crippen LogP contribution in [-0.2, 0) is 28.7 Å². The number of alkyl halides is 6. The predicted molar refractivity (Wildman–Crippen MR) is 211 cm³/mol. The summed E-state index contributed by atoms with van der Waals surface area (Å²) in [6.45, 7) is 12.0. The number of hydrogen-bond donors (Lipinski definition) is 4. The molecule has 0 spiro atoms. The van der Waals surface area contributed by atoms with E-state index in [0.29, 0.717) is 23.8 Å². The molecule has 1 aliphatic heterocycles. The van der Waals surface area contributed by atoms with Crippen molar-refractivity contribution >= 4 is 81.6 Å². The van der Waals surface area contributed by atoms with Crippen LogP contribution in [0.3, 0.4) is 0 Å². The molecule has 1 fully saturated rings. The number of benzene rings is 1. The summed E-state index contributed by atoms with van der Waals surface area (Å²) in [5.74, 6) is -4.84. The summed E-state index contributed by atoms with van der Waals surface area (Å²) in [4.78, 5) is 69.0. The van der Waals surface area contributed by atoms with Gasteiger partial charge in [0.1, 0.15) is 36.3 Å². The standard InChI is InChI=1S/C38H50Cl3F3N6O7/c1-21(2)29(30(51)46-22(3)31(52)50-17-9-10-27(49-50)32(53)56-20-37(39,40)41)48-33(54)36(7,8)16-15-23-11-12-24-13-14-26(47-28(24)18-23)25(38(42,43)44)19-45-34(55)57-35(4,5)6/h11-16,18,21-22,25,27,29,49H,9-10,17,19-20H2,1-8H3,(H,45,55)(H,46,51)(H,48,54). The smallest absolute Gasteiger partial charge is 0.407 e. The van der Waals surface area contributed by atoms with E-state index in [1.54, 1.807) is 78.8 Å². The molecule has 1 aromatic carbocycles. The molecule has 2 aromatic rings. The van der Waals surface area contributed by atoms with Gasteiger partial charge in [-0.2, -0.15) is 13.2 Å². The first-order chi connectivity index (χ1) is 26.2. The van der Waals surface area contributed by atoms with Crippen LogP contribution in [0.4, 0.5) is 18.0 Å². The lowest BCUT2D eigenvalue weighted by atomic mass is 9.89. The largest absolute Gasteiger partial charge is 0.460 e. The molecule has 4 unspecified atom stereocenters. The number of carbonyl (C=O) groups excluding carboxylic acids is 5. The number of pyridine rings is 1. The Morgan fingerprint density at radius 1 is 1.00 bits per heavy atom. The van der Waals surface area contributed by atoms with E-state index in [0.717, 1.165) is 0 Å². The number of carbonyl (C=O) groups is 5. The van der Waals surface area contributed by atoms with E-state index in [2.05, 4.69) is 26.4 Å². The van der Waals surface area contributed by atoms with Gasteiger partial charge in [0.25, 0.3) is 5.91 Å². The Morgan fingerprint density at radius 2 is 1.65 bits per heavy atom. The summed E-state index contributed by atoms with van der Waals surface area (Å²) < 4.78 is 50.6. The molecule has 13 nitrogen and oxygen atoms in total. The van der Waals surface area contributed by atoms with Crippen molar-refractivity contribution in [1.82, 2.24) is 31.4 Å². The fraction of sp³-hybridized carbons (Fsp3) is 0.579. The second-order valence-electron chi connectivity index (χ2n) is 15.7. The van der Waals surface area contributed by atoms with Crippen molar-refractivity contribution in [3.8, 4) is 0 Å². The van der Waals surface area contributed by atoms with Crippen LogP contribution in [0, 0.1) is 11.3 Å². The molecule has 4 atom stereocenters. The first-order valence-electron chi connectivity index (χ1n) is 18.2. The van der Waals surface area contributed by atoms with Crippen molar-refractivity contribution in [2.75, 3.05) is 19.7 Å². The Balaban J connectivity index is 1.68. The third-order valence-corrected chi connectivity index (χ3v) is 9.02. The molecule has 19 heteroatoms. The molecule has 1 saturated heterocycles. The number of hydrogen-bond acceptors (Lipinski definition) is 9. The van der Waals surface area contributed by atoms with Gasteiger partial charge in [-0.25, -0.2) is 10.2 Å². The Morgan fingerprint density at radius 3 is 2.25 bits per heavy atom. The molecule has 3 rings (SSSR count). The lowest BCUT2D eigenvalue weighted by molar-refractivity contribution is -0.153. The molecular formula is C38H50Cl3F3N6O7. The molecule has 4 amide bonds. The van der Waals surface area contributed by atoms with Gasteiger partial charge in [-0.05, 0) is 78.0 Å². The molecule has 1 aliphatic rings. The molecule has 0 radical (unpaired) electrons. The van der Waals surface area contributed by atoms with E-state index in [1.165, 1.54) is 24.1 Å². The number of aromatic nitrogens is 1. The number of nitrogens with zero attached hydrogens (tertiary/aromatic N) is 2. The fourth-order valence-electron chi connectivity index (χ4n) is 5.55. The van der Waals surface area contributed by atoms with Crippen molar-refractivity contribution in [2.24, 2.45) is 11.3 Å². The maximum Gasteiger partial charge on any atom is 0.407 e. The van der Waals surface area contributed by atoms with Gasteiger partial charge in [0.2, 0.25) is 15.6 Å². The summed E-state index contributed by atoms with van der Waals surface area (Å²) >= 11 is 17.0. The third kappa shape index (κ3) is 14.8. The number of ether oxygens (including phenoxy) is 2. The minimum atomic E-state index is -4.72. The first-order valence-corrected chi connectivity index (χ1v) is 19.4. The molecule has 0 saturated carbocycles. The van der Waals surface area contributed by atoms with Crippen molar-refractivity contribution in [1.29, 1.82) is 0 Å². The number of rotatable bonds is 13. The normalized spacial score (nSPS) is 17.2. The molecule has 4 N–H and O–H groups in total. The van der Waals surface area contributed by atoms with Gasteiger partial charge in [0.05, 0.1) is 16.6 Å². The van der Waals surface area contributed by atoms with E-state index in [1.807, 2.05) is 0 Å². The van der Waals surface area contributed by atoms with Crippen LogP contribution in [0.2, 0.25) is 0 Å². The number of halogens is 6. The number of hydrazine groups is 1. The highest BCUT2D eigenvalue weighted by Gasteiger charge is 2.42. The highest BCUT2D eigenvalue weighted by molar-refractivity contribution is 6.67. The van der Waals surface area contributed by atoms with Crippen molar-refractivity contribution in [3.63, 3.8) is 0 Å². The van der Waals surface area contributed by atoms with Gasteiger partial charge in [0, 0.05) is 18.5 Å². The first kappa shape index (κ1) is 47.5. The van der Waals surface area contributed by atoms with Gasteiger partial charge >= 0.3 is 18.2 Å². The maximum absolute atomic E-state index is 14.1. The Hall–Kier alpha value is -3.86. The zero-order chi connectivity index (χ0) is 43.1. The van der Waals surface area contributed by atoms with E-state index >= 15 is 0 Å². The van der Waals surface area contributed by atoms with Crippen LogP contribution in [0.5, 0.6) is 0 Å². The number of nitrogens with one attached hydrogen (secondary N) is 4. The lowest BCUT2D eigenvalue weighted by Crippen LogP contribution is -2.61. The van der Waals surface area contributed by atoms with Crippen LogP contribution in [0.25, 0.3) is 17.0 Å². The van der Waals surface area contributed by atoms with Gasteiger partial charge in [-0.3, -0.25) is 29.2 Å². The average molecular weight is 866 g/mol. The summed E-state index contributed by atoms with van der Waals surface area (Å²) in [6, 6.07) is 4.79.